The minimum atomic E-state index is -0.531. The number of para-hydroxylation sites is 1. The van der Waals surface area contributed by atoms with Crippen molar-refractivity contribution >= 4 is 23.4 Å². The zero-order valence-corrected chi connectivity index (χ0v) is 11.9. The summed E-state index contributed by atoms with van der Waals surface area (Å²) in [6.45, 7) is 0.0220. The van der Waals surface area contributed by atoms with E-state index in [0.29, 0.717) is 17.2 Å². The highest BCUT2D eigenvalue weighted by Crippen LogP contribution is 2.38. The van der Waals surface area contributed by atoms with Crippen molar-refractivity contribution in [2.45, 2.75) is 0 Å². The normalized spacial score (nSPS) is 12.3. The topological polar surface area (TPSA) is 90.7 Å². The number of nitrogens with one attached hydrogen (secondary N) is 1. The number of anilines is 1. The van der Waals surface area contributed by atoms with E-state index < -0.39 is 4.92 Å². The number of rotatable bonds is 4. The van der Waals surface area contributed by atoms with Crippen LogP contribution in [0.15, 0.2) is 48.5 Å². The molecule has 0 saturated carbocycles. The van der Waals surface area contributed by atoms with Gasteiger partial charge in [0.25, 0.3) is 5.69 Å². The molecule has 1 N–H and O–H groups in total. The molecule has 1 aliphatic heterocycles. The van der Waals surface area contributed by atoms with Crippen LogP contribution in [0.25, 0.3) is 6.08 Å². The van der Waals surface area contributed by atoms with E-state index in [1.54, 1.807) is 24.3 Å². The Kier molecular flexibility index (Phi) is 3.92. The highest BCUT2D eigenvalue weighted by atomic mass is 16.7. The van der Waals surface area contributed by atoms with E-state index in [0.717, 1.165) is 0 Å². The van der Waals surface area contributed by atoms with Crippen LogP contribution in [0.2, 0.25) is 0 Å². The van der Waals surface area contributed by atoms with Crippen molar-refractivity contribution < 1.29 is 19.2 Å². The van der Waals surface area contributed by atoms with Gasteiger partial charge in [-0.15, -0.1) is 0 Å². The van der Waals surface area contributed by atoms with Crippen LogP contribution in [-0.2, 0) is 4.79 Å². The van der Waals surface area contributed by atoms with Gasteiger partial charge < -0.3 is 14.8 Å². The minimum absolute atomic E-state index is 0.0220. The summed E-state index contributed by atoms with van der Waals surface area (Å²) < 4.78 is 10.3. The number of amides is 1. The Morgan fingerprint density at radius 3 is 2.57 bits per heavy atom. The number of nitro benzene ring substituents is 1. The van der Waals surface area contributed by atoms with E-state index in [1.807, 2.05) is 6.07 Å². The number of hydrogen-bond donors (Lipinski definition) is 1. The summed E-state index contributed by atoms with van der Waals surface area (Å²) in [6.07, 6.45) is 2.61. The number of carbonyl (C=O) groups excluding carboxylic acids is 1. The van der Waals surface area contributed by atoms with Crippen LogP contribution in [0.1, 0.15) is 5.56 Å². The Hall–Kier alpha value is -3.35. The van der Waals surface area contributed by atoms with Crippen LogP contribution in [0, 0.1) is 10.1 Å². The van der Waals surface area contributed by atoms with Crippen molar-refractivity contribution in [3.05, 3.63) is 64.2 Å². The summed E-state index contributed by atoms with van der Waals surface area (Å²) in [5.41, 5.74) is 0.753. The number of hydrogen-bond acceptors (Lipinski definition) is 5. The first kappa shape index (κ1) is 14.6. The van der Waals surface area contributed by atoms with Crippen LogP contribution in [0.4, 0.5) is 11.4 Å². The lowest BCUT2D eigenvalue weighted by atomic mass is 10.1. The average molecular weight is 312 g/mol. The molecule has 0 aromatic heterocycles. The number of benzene rings is 2. The van der Waals surface area contributed by atoms with Crippen LogP contribution in [0.3, 0.4) is 0 Å². The summed E-state index contributed by atoms with van der Waals surface area (Å²) in [6, 6.07) is 11.7. The van der Waals surface area contributed by atoms with Gasteiger partial charge in [0.05, 0.1) is 16.6 Å². The summed E-state index contributed by atoms with van der Waals surface area (Å²) in [5.74, 6) is 0.351. The summed E-state index contributed by atoms with van der Waals surface area (Å²) in [5, 5.41) is 13.8. The molecule has 0 radical (unpaired) electrons. The van der Waals surface area contributed by atoms with E-state index in [-0.39, 0.29) is 24.0 Å². The molecule has 2 aromatic rings. The third-order valence-electron chi connectivity index (χ3n) is 3.17. The van der Waals surface area contributed by atoms with E-state index in [4.69, 9.17) is 9.47 Å². The SMILES string of the molecule is O=C(C=Cc1cc2c(cc1[N+](=O)[O-])OCO2)Nc1ccccc1. The van der Waals surface area contributed by atoms with Crippen LogP contribution < -0.4 is 14.8 Å². The van der Waals surface area contributed by atoms with Gasteiger partial charge in [0.1, 0.15) is 0 Å². The molecule has 116 valence electrons. The molecular weight excluding hydrogens is 300 g/mol. The number of ether oxygens (including phenoxy) is 2. The Labute approximate surface area is 131 Å². The quantitative estimate of drug-likeness (QED) is 0.532. The van der Waals surface area contributed by atoms with Crippen molar-refractivity contribution in [3.63, 3.8) is 0 Å². The van der Waals surface area contributed by atoms with Gasteiger partial charge in [0, 0.05) is 11.8 Å². The molecule has 1 amide bonds. The minimum Gasteiger partial charge on any atom is -0.454 e. The molecule has 1 heterocycles. The van der Waals surface area contributed by atoms with Gasteiger partial charge in [0.15, 0.2) is 11.5 Å². The summed E-state index contributed by atoms with van der Waals surface area (Å²) in [4.78, 5) is 22.5. The monoisotopic (exact) mass is 312 g/mol. The summed E-state index contributed by atoms with van der Waals surface area (Å²) in [7, 11) is 0. The maximum atomic E-state index is 11.9. The van der Waals surface area contributed by atoms with Crippen molar-refractivity contribution in [2.24, 2.45) is 0 Å². The molecule has 1 aliphatic rings. The predicted octanol–water partition coefficient (Wildman–Crippen LogP) is 2.98. The Morgan fingerprint density at radius 2 is 1.87 bits per heavy atom. The third kappa shape index (κ3) is 3.29. The summed E-state index contributed by atoms with van der Waals surface area (Å²) >= 11 is 0. The van der Waals surface area contributed by atoms with Crippen molar-refractivity contribution in [1.82, 2.24) is 0 Å². The highest BCUT2D eigenvalue weighted by molar-refractivity contribution is 6.02. The Bertz CT molecular complexity index is 787. The van der Waals surface area contributed by atoms with Gasteiger partial charge in [0.2, 0.25) is 12.7 Å². The number of fused-ring (bicyclic) bond motifs is 1. The highest BCUT2D eigenvalue weighted by Gasteiger charge is 2.22. The average Bonchev–Trinajstić information content (AvgIpc) is 3.00. The van der Waals surface area contributed by atoms with Crippen molar-refractivity contribution in [1.29, 1.82) is 0 Å². The molecule has 0 bridgehead atoms. The first-order valence-electron chi connectivity index (χ1n) is 6.75. The van der Waals surface area contributed by atoms with Gasteiger partial charge >= 0.3 is 0 Å². The fourth-order valence-corrected chi connectivity index (χ4v) is 2.11. The molecule has 0 aliphatic carbocycles. The maximum Gasteiger partial charge on any atom is 0.280 e. The van der Waals surface area contributed by atoms with Crippen LogP contribution >= 0.6 is 0 Å². The van der Waals surface area contributed by atoms with E-state index in [1.165, 1.54) is 24.3 Å². The van der Waals surface area contributed by atoms with Gasteiger partial charge in [-0.2, -0.15) is 0 Å². The standard InChI is InChI=1S/C16H12N2O5/c19-16(17-12-4-2-1-3-5-12)7-6-11-8-14-15(23-10-22-14)9-13(11)18(20)21/h1-9H,10H2,(H,17,19). The lowest BCUT2D eigenvalue weighted by Gasteiger charge is -2.02. The molecular formula is C16H12N2O5. The fraction of sp³-hybridized carbons (Fsp3) is 0.0625. The second-order valence-corrected chi connectivity index (χ2v) is 4.71. The van der Waals surface area contributed by atoms with Gasteiger partial charge in [-0.25, -0.2) is 0 Å². The van der Waals surface area contributed by atoms with Gasteiger partial charge in [-0.3, -0.25) is 14.9 Å². The first-order valence-corrected chi connectivity index (χ1v) is 6.75. The van der Waals surface area contributed by atoms with Gasteiger partial charge in [-0.05, 0) is 24.3 Å². The fourth-order valence-electron chi connectivity index (χ4n) is 2.11. The number of nitro groups is 1. The molecule has 23 heavy (non-hydrogen) atoms. The second-order valence-electron chi connectivity index (χ2n) is 4.71. The molecule has 7 heteroatoms. The van der Waals surface area contributed by atoms with Crippen molar-refractivity contribution in [3.8, 4) is 11.5 Å². The van der Waals surface area contributed by atoms with E-state index >= 15 is 0 Å². The smallest absolute Gasteiger partial charge is 0.280 e. The zero-order chi connectivity index (χ0) is 16.2. The molecule has 0 saturated heterocycles. The second kappa shape index (κ2) is 6.18. The Balaban J connectivity index is 1.81. The molecule has 0 fully saturated rings. The molecule has 7 nitrogen and oxygen atoms in total. The lowest BCUT2D eigenvalue weighted by molar-refractivity contribution is -0.385. The van der Waals surface area contributed by atoms with Crippen LogP contribution in [-0.4, -0.2) is 17.6 Å². The molecule has 0 atom stereocenters. The van der Waals surface area contributed by atoms with Crippen molar-refractivity contribution in [2.75, 3.05) is 12.1 Å². The predicted molar refractivity (Wildman–Crippen MR) is 83.3 cm³/mol. The maximum absolute atomic E-state index is 11.9. The number of carbonyl (C=O) groups is 1. The Morgan fingerprint density at radius 1 is 1.17 bits per heavy atom. The van der Waals surface area contributed by atoms with E-state index in [9.17, 15) is 14.9 Å². The number of nitrogens with zero attached hydrogens (tertiary/aromatic N) is 1. The third-order valence-corrected chi connectivity index (χ3v) is 3.17. The zero-order valence-electron chi connectivity index (χ0n) is 11.9. The first-order chi connectivity index (χ1) is 11.1. The molecule has 2 aromatic carbocycles. The molecule has 0 spiro atoms. The van der Waals surface area contributed by atoms with Crippen LogP contribution in [0.5, 0.6) is 11.5 Å². The molecule has 3 rings (SSSR count). The largest absolute Gasteiger partial charge is 0.454 e. The van der Waals surface area contributed by atoms with Gasteiger partial charge in [-0.1, -0.05) is 18.2 Å². The molecule has 0 unspecified atom stereocenters. The van der Waals surface area contributed by atoms with E-state index in [2.05, 4.69) is 5.32 Å². The lowest BCUT2D eigenvalue weighted by Crippen LogP contribution is -2.07.